The van der Waals surface area contributed by atoms with Crippen LogP contribution in [0.2, 0.25) is 0 Å². The van der Waals surface area contributed by atoms with Crippen molar-refractivity contribution in [2.45, 2.75) is 31.6 Å². The Bertz CT molecular complexity index is 603. The van der Waals surface area contributed by atoms with Gasteiger partial charge in [0.15, 0.2) is 0 Å². The Balaban J connectivity index is 1.86. The zero-order valence-corrected chi connectivity index (χ0v) is 13.6. The molecule has 0 unspecified atom stereocenters. The lowest BCUT2D eigenvalue weighted by Gasteiger charge is -2.31. The van der Waals surface area contributed by atoms with E-state index in [-0.39, 0.29) is 5.92 Å². The van der Waals surface area contributed by atoms with E-state index in [0.29, 0.717) is 11.7 Å². The number of hydrogen-bond donors (Lipinski definition) is 0. The standard InChI is InChI=1S/C19H19BrO/c20-17-11-9-15(10-12-17)19-16(7-4-8-18(19)21)13-14-5-2-1-3-6-14/h1-3,5-6,9-12,16,19H,4,7-8,13H2/t16-,19-/m0/s1. The van der Waals surface area contributed by atoms with Crippen molar-refractivity contribution in [3.8, 4) is 0 Å². The van der Waals surface area contributed by atoms with Gasteiger partial charge in [-0.1, -0.05) is 58.4 Å². The van der Waals surface area contributed by atoms with Gasteiger partial charge >= 0.3 is 0 Å². The summed E-state index contributed by atoms with van der Waals surface area (Å²) in [5.41, 5.74) is 2.50. The fourth-order valence-electron chi connectivity index (χ4n) is 3.39. The van der Waals surface area contributed by atoms with E-state index in [1.165, 1.54) is 11.1 Å². The Morgan fingerprint density at radius 1 is 1.00 bits per heavy atom. The Hall–Kier alpha value is -1.41. The third kappa shape index (κ3) is 3.44. The van der Waals surface area contributed by atoms with E-state index >= 15 is 0 Å². The van der Waals surface area contributed by atoms with E-state index in [0.717, 1.165) is 30.2 Å². The molecule has 108 valence electrons. The van der Waals surface area contributed by atoms with Gasteiger partial charge in [-0.3, -0.25) is 4.79 Å². The molecule has 1 aliphatic rings. The van der Waals surface area contributed by atoms with E-state index in [1.807, 2.05) is 18.2 Å². The van der Waals surface area contributed by atoms with Crippen molar-refractivity contribution in [1.82, 2.24) is 0 Å². The minimum absolute atomic E-state index is 0.0621. The molecule has 21 heavy (non-hydrogen) atoms. The Morgan fingerprint density at radius 2 is 1.71 bits per heavy atom. The molecule has 0 amide bonds. The van der Waals surface area contributed by atoms with Gasteiger partial charge < -0.3 is 0 Å². The fraction of sp³-hybridized carbons (Fsp3) is 0.316. The highest BCUT2D eigenvalue weighted by atomic mass is 79.9. The number of ketones is 1. The molecule has 3 rings (SSSR count). The summed E-state index contributed by atoms with van der Waals surface area (Å²) in [6, 6.07) is 18.8. The molecule has 0 aromatic heterocycles. The van der Waals surface area contributed by atoms with Gasteiger partial charge in [-0.05, 0) is 48.4 Å². The summed E-state index contributed by atoms with van der Waals surface area (Å²) in [5.74, 6) is 0.895. The van der Waals surface area contributed by atoms with Crippen molar-refractivity contribution in [1.29, 1.82) is 0 Å². The molecule has 1 aliphatic carbocycles. The van der Waals surface area contributed by atoms with Crippen LogP contribution in [0.1, 0.15) is 36.3 Å². The molecule has 2 aromatic carbocycles. The lowest BCUT2D eigenvalue weighted by molar-refractivity contribution is -0.123. The van der Waals surface area contributed by atoms with Crippen molar-refractivity contribution in [2.75, 3.05) is 0 Å². The first kappa shape index (κ1) is 14.5. The van der Waals surface area contributed by atoms with E-state index in [4.69, 9.17) is 0 Å². The van der Waals surface area contributed by atoms with Gasteiger partial charge in [-0.15, -0.1) is 0 Å². The number of benzene rings is 2. The van der Waals surface area contributed by atoms with Crippen LogP contribution in [-0.4, -0.2) is 5.78 Å². The highest BCUT2D eigenvalue weighted by Crippen LogP contribution is 2.37. The number of carbonyl (C=O) groups excluding carboxylic acids is 1. The number of rotatable bonds is 3. The lowest BCUT2D eigenvalue weighted by Crippen LogP contribution is -2.28. The normalized spacial score (nSPS) is 22.2. The quantitative estimate of drug-likeness (QED) is 0.754. The highest BCUT2D eigenvalue weighted by molar-refractivity contribution is 9.10. The van der Waals surface area contributed by atoms with Gasteiger partial charge in [0.2, 0.25) is 0 Å². The van der Waals surface area contributed by atoms with E-state index in [1.54, 1.807) is 0 Å². The van der Waals surface area contributed by atoms with E-state index in [2.05, 4.69) is 52.3 Å². The SMILES string of the molecule is O=C1CCC[C@@H](Cc2ccccc2)[C@@H]1c1ccc(Br)cc1. The van der Waals surface area contributed by atoms with E-state index in [9.17, 15) is 4.79 Å². The zero-order chi connectivity index (χ0) is 14.7. The molecule has 1 fully saturated rings. The van der Waals surface area contributed by atoms with Crippen LogP contribution in [-0.2, 0) is 11.2 Å². The van der Waals surface area contributed by atoms with E-state index < -0.39 is 0 Å². The topological polar surface area (TPSA) is 17.1 Å². The first-order valence-corrected chi connectivity index (χ1v) is 8.35. The average Bonchev–Trinajstić information content (AvgIpc) is 2.50. The maximum absolute atomic E-state index is 12.5. The molecule has 0 N–H and O–H groups in total. The molecule has 1 saturated carbocycles. The molecular weight excluding hydrogens is 324 g/mol. The molecule has 2 heteroatoms. The van der Waals surface area contributed by atoms with Crippen LogP contribution in [0.4, 0.5) is 0 Å². The second-order valence-corrected chi connectivity index (χ2v) is 6.75. The molecule has 0 heterocycles. The summed E-state index contributed by atoms with van der Waals surface area (Å²) in [4.78, 5) is 12.5. The van der Waals surface area contributed by atoms with Gasteiger partial charge in [-0.25, -0.2) is 0 Å². The zero-order valence-electron chi connectivity index (χ0n) is 12.0. The molecule has 0 aliphatic heterocycles. The Kier molecular flexibility index (Phi) is 4.54. The maximum atomic E-state index is 12.5. The van der Waals surface area contributed by atoms with Crippen LogP contribution in [0.3, 0.4) is 0 Å². The Morgan fingerprint density at radius 3 is 2.43 bits per heavy atom. The van der Waals surface area contributed by atoms with Gasteiger partial charge in [0, 0.05) is 16.8 Å². The summed E-state index contributed by atoms with van der Waals surface area (Å²) in [5, 5.41) is 0. The predicted octanol–water partition coefficient (Wildman–Crippen LogP) is 5.14. The molecule has 2 atom stereocenters. The van der Waals surface area contributed by atoms with Crippen LogP contribution in [0.5, 0.6) is 0 Å². The molecule has 0 spiro atoms. The predicted molar refractivity (Wildman–Crippen MR) is 89.4 cm³/mol. The molecule has 0 saturated heterocycles. The summed E-state index contributed by atoms with van der Waals surface area (Å²) < 4.78 is 1.06. The van der Waals surface area contributed by atoms with Crippen molar-refractivity contribution in [3.63, 3.8) is 0 Å². The van der Waals surface area contributed by atoms with Crippen molar-refractivity contribution < 1.29 is 4.79 Å². The van der Waals surface area contributed by atoms with Gasteiger partial charge in [0.25, 0.3) is 0 Å². The van der Waals surface area contributed by atoms with Crippen LogP contribution in [0.15, 0.2) is 59.1 Å². The van der Waals surface area contributed by atoms with Gasteiger partial charge in [-0.2, -0.15) is 0 Å². The second-order valence-electron chi connectivity index (χ2n) is 5.84. The summed E-state index contributed by atoms with van der Waals surface area (Å²) >= 11 is 3.47. The van der Waals surface area contributed by atoms with Crippen LogP contribution in [0, 0.1) is 5.92 Å². The summed E-state index contributed by atoms with van der Waals surface area (Å²) in [7, 11) is 0. The first-order chi connectivity index (χ1) is 10.2. The van der Waals surface area contributed by atoms with Crippen LogP contribution < -0.4 is 0 Å². The monoisotopic (exact) mass is 342 g/mol. The third-order valence-corrected chi connectivity index (χ3v) is 4.91. The van der Waals surface area contributed by atoms with Crippen molar-refractivity contribution in [2.24, 2.45) is 5.92 Å². The maximum Gasteiger partial charge on any atom is 0.140 e. The largest absolute Gasteiger partial charge is 0.299 e. The van der Waals surface area contributed by atoms with Crippen LogP contribution in [0.25, 0.3) is 0 Å². The molecule has 1 nitrogen and oxygen atoms in total. The molecule has 0 bridgehead atoms. The van der Waals surface area contributed by atoms with Crippen molar-refractivity contribution in [3.05, 3.63) is 70.2 Å². The number of Topliss-reactive ketones (excluding diaryl/α,β-unsaturated/α-hetero) is 1. The lowest BCUT2D eigenvalue weighted by atomic mass is 9.72. The van der Waals surface area contributed by atoms with Gasteiger partial charge in [0.1, 0.15) is 5.78 Å². The fourth-order valence-corrected chi connectivity index (χ4v) is 3.65. The minimum Gasteiger partial charge on any atom is -0.299 e. The van der Waals surface area contributed by atoms with Crippen molar-refractivity contribution >= 4 is 21.7 Å². The molecular formula is C19H19BrO. The second kappa shape index (κ2) is 6.57. The average molecular weight is 343 g/mol. The Labute approximate surface area is 134 Å². The molecule has 0 radical (unpaired) electrons. The highest BCUT2D eigenvalue weighted by Gasteiger charge is 2.32. The van der Waals surface area contributed by atoms with Gasteiger partial charge in [0.05, 0.1) is 0 Å². The summed E-state index contributed by atoms with van der Waals surface area (Å²) in [6.45, 7) is 0. The smallest absolute Gasteiger partial charge is 0.140 e. The number of hydrogen-bond acceptors (Lipinski definition) is 1. The number of carbonyl (C=O) groups is 1. The van der Waals surface area contributed by atoms with Crippen LogP contribution >= 0.6 is 15.9 Å². The number of halogens is 1. The minimum atomic E-state index is 0.0621. The summed E-state index contributed by atoms with van der Waals surface area (Å²) in [6.07, 6.45) is 3.89. The molecule has 2 aromatic rings. The third-order valence-electron chi connectivity index (χ3n) is 4.39. The first-order valence-electron chi connectivity index (χ1n) is 7.56.